The SMILES string of the molecule is COc1ccc(/C=N/NC(=O)CSc2nnc(-c3ccccc3)n2-c2ccc(C)cc2)cc1OCc1ccccc1. The molecule has 0 radical (unpaired) electrons. The smallest absolute Gasteiger partial charge is 0.250 e. The summed E-state index contributed by atoms with van der Waals surface area (Å²) in [6.45, 7) is 2.45. The van der Waals surface area contributed by atoms with Crippen molar-refractivity contribution in [3.05, 3.63) is 120 Å². The van der Waals surface area contributed by atoms with Crippen LogP contribution in [0.1, 0.15) is 16.7 Å². The molecule has 0 bridgehead atoms. The molecule has 1 aromatic heterocycles. The van der Waals surface area contributed by atoms with E-state index in [9.17, 15) is 4.79 Å². The summed E-state index contributed by atoms with van der Waals surface area (Å²) in [5.74, 6) is 1.77. The number of aryl methyl sites for hydroxylation is 1. The molecule has 0 saturated heterocycles. The number of rotatable bonds is 11. The maximum Gasteiger partial charge on any atom is 0.250 e. The predicted octanol–water partition coefficient (Wildman–Crippen LogP) is 6.07. The third-order valence-electron chi connectivity index (χ3n) is 6.12. The molecule has 0 spiro atoms. The van der Waals surface area contributed by atoms with Crippen LogP contribution in [-0.2, 0) is 11.4 Å². The summed E-state index contributed by atoms with van der Waals surface area (Å²) in [6.07, 6.45) is 1.57. The number of benzene rings is 4. The van der Waals surface area contributed by atoms with Gasteiger partial charge in [-0.05, 0) is 48.4 Å². The summed E-state index contributed by atoms with van der Waals surface area (Å²) in [6, 6.07) is 33.3. The molecule has 4 aromatic carbocycles. The monoisotopic (exact) mass is 563 g/mol. The number of thioether (sulfide) groups is 1. The molecule has 1 N–H and O–H groups in total. The molecule has 0 aliphatic heterocycles. The lowest BCUT2D eigenvalue weighted by Crippen LogP contribution is -2.20. The Bertz CT molecular complexity index is 1620. The molecule has 8 nitrogen and oxygen atoms in total. The highest BCUT2D eigenvalue weighted by atomic mass is 32.2. The fourth-order valence-electron chi connectivity index (χ4n) is 4.03. The number of methoxy groups -OCH3 is 1. The van der Waals surface area contributed by atoms with Crippen molar-refractivity contribution in [3.8, 4) is 28.6 Å². The molecule has 9 heteroatoms. The number of nitrogens with one attached hydrogen (secondary N) is 1. The number of carbonyl (C=O) groups is 1. The molecular formula is C32H29N5O3S. The first kappa shape index (κ1) is 27.7. The fraction of sp³-hybridized carbons (Fsp3) is 0.125. The van der Waals surface area contributed by atoms with Crippen LogP contribution >= 0.6 is 11.8 Å². The molecule has 0 atom stereocenters. The number of aromatic nitrogens is 3. The van der Waals surface area contributed by atoms with E-state index in [1.165, 1.54) is 11.8 Å². The first-order valence-corrected chi connectivity index (χ1v) is 14.0. The van der Waals surface area contributed by atoms with Crippen LogP contribution in [0.4, 0.5) is 0 Å². The first-order valence-electron chi connectivity index (χ1n) is 13.0. The van der Waals surface area contributed by atoms with Crippen molar-refractivity contribution in [1.82, 2.24) is 20.2 Å². The molecular weight excluding hydrogens is 534 g/mol. The highest BCUT2D eigenvalue weighted by Gasteiger charge is 2.17. The van der Waals surface area contributed by atoms with Gasteiger partial charge in [0.15, 0.2) is 22.5 Å². The molecule has 206 valence electrons. The van der Waals surface area contributed by atoms with Crippen LogP contribution in [0, 0.1) is 6.92 Å². The second-order valence-electron chi connectivity index (χ2n) is 9.11. The largest absolute Gasteiger partial charge is 0.493 e. The van der Waals surface area contributed by atoms with E-state index in [4.69, 9.17) is 9.47 Å². The Morgan fingerprint density at radius 3 is 2.39 bits per heavy atom. The number of nitrogens with zero attached hydrogens (tertiary/aromatic N) is 4. The molecule has 1 amide bonds. The second-order valence-corrected chi connectivity index (χ2v) is 10.1. The molecule has 0 saturated carbocycles. The zero-order valence-electron chi connectivity index (χ0n) is 22.7. The van der Waals surface area contributed by atoms with Crippen molar-refractivity contribution in [3.63, 3.8) is 0 Å². The minimum absolute atomic E-state index is 0.115. The van der Waals surface area contributed by atoms with Gasteiger partial charge in [0.1, 0.15) is 6.61 Å². The topological polar surface area (TPSA) is 90.6 Å². The summed E-state index contributed by atoms with van der Waals surface area (Å²) in [7, 11) is 1.60. The predicted molar refractivity (Wildman–Crippen MR) is 162 cm³/mol. The fourth-order valence-corrected chi connectivity index (χ4v) is 4.77. The average molecular weight is 564 g/mol. The summed E-state index contributed by atoms with van der Waals surface area (Å²) >= 11 is 1.29. The van der Waals surface area contributed by atoms with Gasteiger partial charge in [0.05, 0.1) is 19.1 Å². The van der Waals surface area contributed by atoms with Gasteiger partial charge in [-0.2, -0.15) is 5.10 Å². The van der Waals surface area contributed by atoms with Gasteiger partial charge in [0.2, 0.25) is 0 Å². The van der Waals surface area contributed by atoms with Gasteiger partial charge in [0.25, 0.3) is 5.91 Å². The summed E-state index contributed by atoms with van der Waals surface area (Å²) in [5.41, 5.74) is 7.41. The van der Waals surface area contributed by atoms with E-state index in [1.54, 1.807) is 13.3 Å². The average Bonchev–Trinajstić information content (AvgIpc) is 3.44. The molecule has 0 aliphatic rings. The Balaban J connectivity index is 1.24. The molecule has 5 rings (SSSR count). The molecule has 41 heavy (non-hydrogen) atoms. The van der Waals surface area contributed by atoms with Gasteiger partial charge < -0.3 is 9.47 Å². The highest BCUT2D eigenvalue weighted by molar-refractivity contribution is 7.99. The number of ether oxygens (including phenoxy) is 2. The van der Waals surface area contributed by atoms with Gasteiger partial charge >= 0.3 is 0 Å². The number of amides is 1. The standard InChI is InChI=1S/C32H29N5O3S/c1-23-13-16-27(17-14-23)37-31(26-11-7-4-8-12-26)35-36-32(37)41-22-30(38)34-33-20-25-15-18-28(39-2)29(19-25)40-21-24-9-5-3-6-10-24/h3-20H,21-22H2,1-2H3,(H,34,38)/b33-20+. The lowest BCUT2D eigenvalue weighted by atomic mass is 10.2. The van der Waals surface area contributed by atoms with E-state index in [0.717, 1.165) is 27.9 Å². The van der Waals surface area contributed by atoms with Crippen LogP contribution in [0.5, 0.6) is 11.5 Å². The normalized spacial score (nSPS) is 11.0. The quantitative estimate of drug-likeness (QED) is 0.119. The molecule has 0 unspecified atom stereocenters. The Morgan fingerprint density at radius 2 is 1.66 bits per heavy atom. The van der Waals surface area contributed by atoms with Crippen molar-refractivity contribution in [2.75, 3.05) is 12.9 Å². The van der Waals surface area contributed by atoms with Crippen LogP contribution in [0.15, 0.2) is 113 Å². The Kier molecular flexibility index (Phi) is 9.08. The van der Waals surface area contributed by atoms with E-state index in [1.807, 2.05) is 115 Å². The lowest BCUT2D eigenvalue weighted by molar-refractivity contribution is -0.118. The van der Waals surface area contributed by atoms with Crippen molar-refractivity contribution in [2.24, 2.45) is 5.10 Å². The molecule has 0 fully saturated rings. The molecule has 5 aromatic rings. The summed E-state index contributed by atoms with van der Waals surface area (Å²) < 4.78 is 13.4. The zero-order valence-corrected chi connectivity index (χ0v) is 23.5. The van der Waals surface area contributed by atoms with Gasteiger partial charge in [-0.25, -0.2) is 5.43 Å². The van der Waals surface area contributed by atoms with Crippen LogP contribution in [-0.4, -0.2) is 39.7 Å². The number of carbonyl (C=O) groups excluding carboxylic acids is 1. The van der Waals surface area contributed by atoms with Gasteiger partial charge in [0, 0.05) is 11.3 Å². The van der Waals surface area contributed by atoms with Crippen LogP contribution in [0.3, 0.4) is 0 Å². The highest BCUT2D eigenvalue weighted by Crippen LogP contribution is 2.29. The summed E-state index contributed by atoms with van der Waals surface area (Å²) in [4.78, 5) is 12.7. The zero-order chi connectivity index (χ0) is 28.4. The maximum absolute atomic E-state index is 12.7. The number of hydrogen-bond donors (Lipinski definition) is 1. The minimum atomic E-state index is -0.264. The van der Waals surface area contributed by atoms with Crippen molar-refractivity contribution < 1.29 is 14.3 Å². The van der Waals surface area contributed by atoms with Crippen molar-refractivity contribution in [1.29, 1.82) is 0 Å². The van der Waals surface area contributed by atoms with Crippen LogP contribution < -0.4 is 14.9 Å². The Labute approximate surface area is 243 Å². The first-order chi connectivity index (χ1) is 20.1. The minimum Gasteiger partial charge on any atom is -0.493 e. The lowest BCUT2D eigenvalue weighted by Gasteiger charge is -2.11. The van der Waals surface area contributed by atoms with Gasteiger partial charge in [-0.15, -0.1) is 10.2 Å². The van der Waals surface area contributed by atoms with Crippen molar-refractivity contribution >= 4 is 23.9 Å². The van der Waals surface area contributed by atoms with E-state index in [-0.39, 0.29) is 11.7 Å². The maximum atomic E-state index is 12.7. The second kappa shape index (κ2) is 13.5. The number of hydrazone groups is 1. The van der Waals surface area contributed by atoms with Crippen molar-refractivity contribution in [2.45, 2.75) is 18.7 Å². The molecule has 0 aliphatic carbocycles. The van der Waals surface area contributed by atoms with E-state index in [0.29, 0.717) is 29.1 Å². The van der Waals surface area contributed by atoms with E-state index < -0.39 is 0 Å². The Morgan fingerprint density at radius 1 is 0.927 bits per heavy atom. The number of hydrogen-bond acceptors (Lipinski definition) is 7. The third-order valence-corrected chi connectivity index (χ3v) is 7.05. The van der Waals surface area contributed by atoms with Crippen LogP contribution in [0.2, 0.25) is 0 Å². The van der Waals surface area contributed by atoms with E-state index >= 15 is 0 Å². The summed E-state index contributed by atoms with van der Waals surface area (Å²) in [5, 5.41) is 13.6. The van der Waals surface area contributed by atoms with Gasteiger partial charge in [-0.3, -0.25) is 9.36 Å². The third kappa shape index (κ3) is 7.20. The van der Waals surface area contributed by atoms with Gasteiger partial charge in [-0.1, -0.05) is 90.1 Å². The Hall–Kier alpha value is -4.89. The van der Waals surface area contributed by atoms with E-state index in [2.05, 4.69) is 20.7 Å². The molecule has 1 heterocycles. The van der Waals surface area contributed by atoms with Crippen LogP contribution in [0.25, 0.3) is 17.1 Å².